The second-order valence-electron chi connectivity index (χ2n) is 7.70. The van der Waals surface area contributed by atoms with E-state index in [2.05, 4.69) is 4.98 Å². The van der Waals surface area contributed by atoms with Crippen molar-refractivity contribution in [1.29, 1.82) is 0 Å². The van der Waals surface area contributed by atoms with E-state index < -0.39 is 17.1 Å². The Morgan fingerprint density at radius 2 is 1.76 bits per heavy atom. The van der Waals surface area contributed by atoms with Crippen LogP contribution in [0.15, 0.2) is 92.3 Å². The molecule has 0 spiro atoms. The number of aromatic hydroxyl groups is 2. The summed E-state index contributed by atoms with van der Waals surface area (Å²) in [6, 6.07) is 20.7. The summed E-state index contributed by atoms with van der Waals surface area (Å²) in [5, 5.41) is 21.4. The van der Waals surface area contributed by atoms with Crippen LogP contribution in [0.4, 0.5) is 5.69 Å². The van der Waals surface area contributed by atoms with Crippen LogP contribution in [0.25, 0.3) is 5.69 Å². The summed E-state index contributed by atoms with van der Waals surface area (Å²) < 4.78 is 1.02. The molecule has 1 atom stereocenters. The quantitative estimate of drug-likeness (QED) is 0.376. The van der Waals surface area contributed by atoms with E-state index in [4.69, 9.17) is 16.6 Å². The van der Waals surface area contributed by atoms with Crippen LogP contribution in [0.3, 0.4) is 0 Å². The molecular weight excluding hydrogens is 474 g/mol. The summed E-state index contributed by atoms with van der Waals surface area (Å²) in [4.78, 5) is 33.5. The third-order valence-electron chi connectivity index (χ3n) is 5.47. The van der Waals surface area contributed by atoms with Crippen molar-refractivity contribution in [1.82, 2.24) is 9.55 Å². The number of halogens is 1. The lowest BCUT2D eigenvalue weighted by Gasteiger charge is -2.17. The van der Waals surface area contributed by atoms with Gasteiger partial charge in [0, 0.05) is 21.6 Å². The molecule has 2 heterocycles. The highest BCUT2D eigenvalue weighted by molar-refractivity contribution is 7.99. The molecule has 3 N–H and O–H groups in total. The second kappa shape index (κ2) is 8.89. The number of thioether (sulfide) groups is 1. The summed E-state index contributed by atoms with van der Waals surface area (Å²) in [7, 11) is 0. The van der Waals surface area contributed by atoms with Gasteiger partial charge >= 0.3 is 5.69 Å². The number of H-pyrrole nitrogens is 1. The highest BCUT2D eigenvalue weighted by Crippen LogP contribution is 2.46. The molecule has 0 saturated heterocycles. The van der Waals surface area contributed by atoms with E-state index in [-0.39, 0.29) is 23.0 Å². The zero-order chi connectivity index (χ0) is 23.8. The molecule has 7 nitrogen and oxygen atoms in total. The minimum Gasteiger partial charge on any atom is -0.508 e. The molecule has 5 rings (SSSR count). The molecule has 34 heavy (non-hydrogen) atoms. The molecular formula is C25H18ClN3O4S. The number of benzene rings is 3. The fourth-order valence-corrected chi connectivity index (χ4v) is 5.24. The van der Waals surface area contributed by atoms with Crippen LogP contribution in [0.5, 0.6) is 11.6 Å². The maximum atomic E-state index is 12.9. The lowest BCUT2D eigenvalue weighted by Crippen LogP contribution is -2.33. The summed E-state index contributed by atoms with van der Waals surface area (Å²) in [5.74, 6) is -0.375. The molecule has 9 heteroatoms. The molecule has 0 radical (unpaired) electrons. The van der Waals surface area contributed by atoms with E-state index in [1.54, 1.807) is 54.2 Å². The van der Waals surface area contributed by atoms with E-state index in [1.165, 1.54) is 0 Å². The molecule has 4 aromatic rings. The van der Waals surface area contributed by atoms with Gasteiger partial charge in [0.1, 0.15) is 11.3 Å². The number of nitrogens with one attached hydrogen (secondary N) is 1. The number of aromatic nitrogens is 2. The number of hydrogen-bond donors (Lipinski definition) is 3. The SMILES string of the molecule is O=c1[nH]c(=O)n(-c2ccc(Cl)cc2)c(O)c1C1=Nc2ccccc2S[C@@H](c2cccc(O)c2)C1. The first-order chi connectivity index (χ1) is 16.4. The summed E-state index contributed by atoms with van der Waals surface area (Å²) in [6.45, 7) is 0. The van der Waals surface area contributed by atoms with Crippen molar-refractivity contribution in [3.8, 4) is 17.3 Å². The Hall–Kier alpha value is -3.75. The van der Waals surface area contributed by atoms with Crippen molar-refractivity contribution >= 4 is 34.8 Å². The van der Waals surface area contributed by atoms with Gasteiger partial charge < -0.3 is 10.2 Å². The second-order valence-corrected chi connectivity index (χ2v) is 9.38. The Morgan fingerprint density at radius 3 is 2.53 bits per heavy atom. The van der Waals surface area contributed by atoms with Crippen LogP contribution in [0.1, 0.15) is 22.8 Å². The van der Waals surface area contributed by atoms with Gasteiger partial charge in [0.25, 0.3) is 5.56 Å². The molecule has 0 aliphatic carbocycles. The number of phenolic OH excluding ortho intramolecular Hbond substituents is 1. The molecule has 0 bridgehead atoms. The Kier molecular flexibility index (Phi) is 5.77. The number of phenols is 1. The smallest absolute Gasteiger partial charge is 0.335 e. The summed E-state index contributed by atoms with van der Waals surface area (Å²) in [5.41, 5.74) is 0.569. The minimum atomic E-state index is -0.776. The fraction of sp³-hybridized carbons (Fsp3) is 0.0800. The van der Waals surface area contributed by atoms with E-state index in [0.717, 1.165) is 15.0 Å². The van der Waals surface area contributed by atoms with Gasteiger partial charge in [0.05, 0.1) is 17.1 Å². The monoisotopic (exact) mass is 491 g/mol. The molecule has 0 saturated carbocycles. The van der Waals surface area contributed by atoms with Gasteiger partial charge in [-0.05, 0) is 54.1 Å². The average Bonchev–Trinajstić information content (AvgIpc) is 3.00. The summed E-state index contributed by atoms with van der Waals surface area (Å²) >= 11 is 7.51. The van der Waals surface area contributed by atoms with Crippen molar-refractivity contribution in [2.45, 2.75) is 16.6 Å². The van der Waals surface area contributed by atoms with Gasteiger partial charge in [-0.25, -0.2) is 9.36 Å². The number of aromatic amines is 1. The standard InChI is InChI=1S/C25H18ClN3O4S/c26-15-8-10-16(11-9-15)29-24(32)22(23(31)28-25(29)33)19-13-21(14-4-3-5-17(30)12-14)34-20-7-2-1-6-18(20)27-19/h1-12,21,30,32H,13H2,(H,28,31,33)/t21-/m1/s1. The average molecular weight is 492 g/mol. The Labute approximate surface area is 203 Å². The first-order valence-electron chi connectivity index (χ1n) is 10.4. The maximum absolute atomic E-state index is 12.9. The van der Waals surface area contributed by atoms with Gasteiger partial charge in [0.15, 0.2) is 0 Å². The molecule has 3 aromatic carbocycles. The molecule has 0 unspecified atom stereocenters. The normalized spacial score (nSPS) is 15.3. The van der Waals surface area contributed by atoms with E-state index in [1.807, 2.05) is 30.3 Å². The number of hydrogen-bond acceptors (Lipinski definition) is 6. The van der Waals surface area contributed by atoms with Gasteiger partial charge in [-0.1, -0.05) is 35.9 Å². The molecule has 170 valence electrons. The fourth-order valence-electron chi connectivity index (χ4n) is 3.89. The zero-order valence-corrected chi connectivity index (χ0v) is 19.2. The molecule has 1 aromatic heterocycles. The van der Waals surface area contributed by atoms with Gasteiger partial charge in [-0.15, -0.1) is 11.8 Å². The molecule has 1 aliphatic heterocycles. The largest absolute Gasteiger partial charge is 0.508 e. The highest BCUT2D eigenvalue weighted by Gasteiger charge is 2.27. The lowest BCUT2D eigenvalue weighted by atomic mass is 10.0. The van der Waals surface area contributed by atoms with Gasteiger partial charge in [0.2, 0.25) is 5.88 Å². The van der Waals surface area contributed by atoms with Crippen LogP contribution >= 0.6 is 23.4 Å². The van der Waals surface area contributed by atoms with Gasteiger partial charge in [-0.3, -0.25) is 14.8 Å². The van der Waals surface area contributed by atoms with Crippen molar-refractivity contribution in [2.75, 3.05) is 0 Å². The van der Waals surface area contributed by atoms with E-state index in [9.17, 15) is 19.8 Å². The number of aliphatic imine (C=N–C) groups is 1. The zero-order valence-electron chi connectivity index (χ0n) is 17.6. The maximum Gasteiger partial charge on any atom is 0.335 e. The number of nitrogens with zero attached hydrogens (tertiary/aromatic N) is 2. The van der Waals surface area contributed by atoms with Crippen LogP contribution in [0.2, 0.25) is 5.02 Å². The van der Waals surface area contributed by atoms with Crippen LogP contribution in [-0.2, 0) is 0 Å². The van der Waals surface area contributed by atoms with Crippen molar-refractivity contribution in [3.05, 3.63) is 110 Å². The topological polar surface area (TPSA) is 108 Å². The Balaban J connectivity index is 1.71. The van der Waals surface area contributed by atoms with Crippen molar-refractivity contribution in [3.63, 3.8) is 0 Å². The van der Waals surface area contributed by atoms with Crippen LogP contribution < -0.4 is 11.2 Å². The predicted molar refractivity (Wildman–Crippen MR) is 133 cm³/mol. The predicted octanol–water partition coefficient (Wildman–Crippen LogP) is 4.95. The number of fused-ring (bicyclic) bond motifs is 1. The van der Waals surface area contributed by atoms with E-state index >= 15 is 0 Å². The number of para-hydroxylation sites is 1. The van der Waals surface area contributed by atoms with Crippen molar-refractivity contribution < 1.29 is 10.2 Å². The molecule has 0 fully saturated rings. The lowest BCUT2D eigenvalue weighted by molar-refractivity contribution is 0.429. The van der Waals surface area contributed by atoms with E-state index in [0.29, 0.717) is 22.1 Å². The first-order valence-corrected chi connectivity index (χ1v) is 11.6. The van der Waals surface area contributed by atoms with Crippen molar-refractivity contribution in [2.24, 2.45) is 4.99 Å². The molecule has 1 aliphatic rings. The summed E-state index contributed by atoms with van der Waals surface area (Å²) in [6.07, 6.45) is 0.276. The third-order valence-corrected chi connectivity index (χ3v) is 7.04. The minimum absolute atomic E-state index is 0.0861. The van der Waals surface area contributed by atoms with Crippen LogP contribution in [-0.4, -0.2) is 25.5 Å². The third kappa shape index (κ3) is 4.13. The Morgan fingerprint density at radius 1 is 1.00 bits per heavy atom. The number of rotatable bonds is 3. The van der Waals surface area contributed by atoms with Crippen LogP contribution in [0, 0.1) is 0 Å². The van der Waals surface area contributed by atoms with Gasteiger partial charge in [-0.2, -0.15) is 0 Å². The first kappa shape index (κ1) is 22.1. The molecule has 0 amide bonds. The Bertz CT molecular complexity index is 1540. The highest BCUT2D eigenvalue weighted by atomic mass is 35.5.